The van der Waals surface area contributed by atoms with Crippen LogP contribution >= 0.6 is 0 Å². The molecule has 1 heterocycles. The number of hydrogen-bond donors (Lipinski definition) is 2. The lowest BCUT2D eigenvalue weighted by molar-refractivity contribution is 0.0952. The van der Waals surface area contributed by atoms with Crippen molar-refractivity contribution in [1.29, 1.82) is 0 Å². The Morgan fingerprint density at radius 2 is 2.00 bits per heavy atom. The molecule has 2 rings (SSSR count). The van der Waals surface area contributed by atoms with Crippen LogP contribution in [0.3, 0.4) is 0 Å². The molecule has 3 N–H and O–H groups in total. The van der Waals surface area contributed by atoms with Gasteiger partial charge in [0.25, 0.3) is 11.8 Å². The molecule has 0 spiro atoms. The molecule has 0 atom stereocenters. The van der Waals surface area contributed by atoms with Crippen LogP contribution in [-0.2, 0) is 0 Å². The number of amides is 2. The van der Waals surface area contributed by atoms with Crippen LogP contribution in [0.2, 0.25) is 0 Å². The maximum absolute atomic E-state index is 11.9. The van der Waals surface area contributed by atoms with Crippen LogP contribution in [0, 0.1) is 0 Å². The topological polar surface area (TPSA) is 85.3 Å². The zero-order valence-electron chi connectivity index (χ0n) is 13.0. The lowest BCUT2D eigenvalue weighted by atomic mass is 10.0. The Kier molecular flexibility index (Phi) is 4.65. The molecule has 0 bridgehead atoms. The molecule has 0 saturated carbocycles. The largest absolute Gasteiger partial charge is 0.451 e. The molecule has 0 aliphatic carbocycles. The van der Waals surface area contributed by atoms with E-state index in [2.05, 4.69) is 5.32 Å². The fraction of sp³-hybridized carbons (Fsp3) is 0.294. The monoisotopic (exact) mass is 300 g/mol. The van der Waals surface area contributed by atoms with Gasteiger partial charge in [-0.2, -0.15) is 0 Å². The van der Waals surface area contributed by atoms with Gasteiger partial charge in [0.1, 0.15) is 5.76 Å². The average molecular weight is 300 g/mol. The molecule has 2 aromatic rings. The quantitative estimate of drug-likeness (QED) is 0.890. The summed E-state index contributed by atoms with van der Waals surface area (Å²) < 4.78 is 5.61. The highest BCUT2D eigenvalue weighted by molar-refractivity contribution is 5.95. The van der Waals surface area contributed by atoms with E-state index in [1.165, 1.54) is 0 Å². The molecule has 116 valence electrons. The first-order valence-electron chi connectivity index (χ1n) is 7.26. The Morgan fingerprint density at radius 3 is 2.55 bits per heavy atom. The van der Waals surface area contributed by atoms with E-state index < -0.39 is 5.91 Å². The van der Waals surface area contributed by atoms with Crippen molar-refractivity contribution >= 4 is 11.8 Å². The molecule has 0 radical (unpaired) electrons. The van der Waals surface area contributed by atoms with Gasteiger partial charge in [-0.15, -0.1) is 0 Å². The van der Waals surface area contributed by atoms with Crippen molar-refractivity contribution < 1.29 is 14.0 Å². The maximum atomic E-state index is 11.9. The summed E-state index contributed by atoms with van der Waals surface area (Å²) in [5.74, 6) is 0.0913. The van der Waals surface area contributed by atoms with E-state index in [1.807, 2.05) is 32.9 Å². The zero-order chi connectivity index (χ0) is 16.3. The molecule has 0 saturated heterocycles. The van der Waals surface area contributed by atoms with Gasteiger partial charge in [0.05, 0.1) is 0 Å². The molecule has 0 aliphatic rings. The normalized spacial score (nSPS) is 10.7. The first-order chi connectivity index (χ1) is 10.4. The van der Waals surface area contributed by atoms with Gasteiger partial charge in [-0.1, -0.05) is 26.0 Å². The van der Waals surface area contributed by atoms with Gasteiger partial charge in [-0.25, -0.2) is 0 Å². The number of benzene rings is 1. The van der Waals surface area contributed by atoms with Crippen LogP contribution in [0.4, 0.5) is 0 Å². The second-order valence-corrected chi connectivity index (χ2v) is 5.35. The summed E-state index contributed by atoms with van der Waals surface area (Å²) in [6.07, 6.45) is 0. The number of carbonyl (C=O) groups excluding carboxylic acids is 2. The van der Waals surface area contributed by atoms with Crippen LogP contribution in [0.25, 0.3) is 11.3 Å². The summed E-state index contributed by atoms with van der Waals surface area (Å²) in [4.78, 5) is 23.4. The third kappa shape index (κ3) is 3.19. The lowest BCUT2D eigenvalue weighted by Gasteiger charge is -2.03. The number of furan rings is 1. The lowest BCUT2D eigenvalue weighted by Crippen LogP contribution is -2.22. The van der Waals surface area contributed by atoms with E-state index in [4.69, 9.17) is 10.2 Å². The average Bonchev–Trinajstić information content (AvgIpc) is 2.93. The molecule has 2 amide bonds. The van der Waals surface area contributed by atoms with E-state index in [0.29, 0.717) is 17.9 Å². The first kappa shape index (κ1) is 15.8. The Balaban J connectivity index is 2.44. The Bertz CT molecular complexity index is 702. The fourth-order valence-corrected chi connectivity index (χ4v) is 2.25. The van der Waals surface area contributed by atoms with Gasteiger partial charge in [0.2, 0.25) is 0 Å². The standard InChI is InChI=1S/C17H20N2O3/c1-4-19-17(21)12-7-5-6-11(8-12)14-9-13(10(2)3)15(22-14)16(18)20/h5-10H,4H2,1-3H3,(H2,18,20)(H,19,21). The van der Waals surface area contributed by atoms with Crippen molar-refractivity contribution in [1.82, 2.24) is 5.32 Å². The van der Waals surface area contributed by atoms with Gasteiger partial charge in [-0.05, 0) is 31.0 Å². The van der Waals surface area contributed by atoms with Crippen LogP contribution in [0.1, 0.15) is 53.2 Å². The van der Waals surface area contributed by atoms with Crippen LogP contribution < -0.4 is 11.1 Å². The molecular weight excluding hydrogens is 280 g/mol. The minimum absolute atomic E-state index is 0.117. The highest BCUT2D eigenvalue weighted by Gasteiger charge is 2.19. The minimum Gasteiger partial charge on any atom is -0.451 e. The molecule has 1 aromatic carbocycles. The molecular formula is C17H20N2O3. The fourth-order valence-electron chi connectivity index (χ4n) is 2.25. The van der Waals surface area contributed by atoms with E-state index in [9.17, 15) is 9.59 Å². The Morgan fingerprint density at radius 1 is 1.27 bits per heavy atom. The number of carbonyl (C=O) groups is 2. The molecule has 5 nitrogen and oxygen atoms in total. The van der Waals surface area contributed by atoms with Gasteiger partial charge < -0.3 is 15.5 Å². The molecule has 0 aliphatic heterocycles. The summed E-state index contributed by atoms with van der Waals surface area (Å²) in [7, 11) is 0. The molecule has 0 unspecified atom stereocenters. The number of hydrogen-bond acceptors (Lipinski definition) is 3. The predicted molar refractivity (Wildman–Crippen MR) is 84.8 cm³/mol. The number of rotatable bonds is 5. The van der Waals surface area contributed by atoms with E-state index in [-0.39, 0.29) is 17.6 Å². The van der Waals surface area contributed by atoms with Crippen molar-refractivity contribution in [2.45, 2.75) is 26.7 Å². The van der Waals surface area contributed by atoms with Gasteiger partial charge in [0, 0.05) is 23.2 Å². The minimum atomic E-state index is -0.588. The van der Waals surface area contributed by atoms with Crippen LogP contribution in [0.15, 0.2) is 34.7 Å². The molecule has 1 aromatic heterocycles. The Labute approximate surface area is 129 Å². The predicted octanol–water partition coefficient (Wildman–Crippen LogP) is 2.92. The van der Waals surface area contributed by atoms with Crippen molar-refractivity contribution in [3.05, 3.63) is 47.2 Å². The van der Waals surface area contributed by atoms with E-state index >= 15 is 0 Å². The number of primary amides is 1. The van der Waals surface area contributed by atoms with Crippen molar-refractivity contribution in [2.24, 2.45) is 5.73 Å². The maximum Gasteiger partial charge on any atom is 0.284 e. The third-order valence-corrected chi connectivity index (χ3v) is 3.35. The summed E-state index contributed by atoms with van der Waals surface area (Å²) >= 11 is 0. The molecule has 22 heavy (non-hydrogen) atoms. The highest BCUT2D eigenvalue weighted by Crippen LogP contribution is 2.30. The summed E-state index contributed by atoms with van der Waals surface area (Å²) in [5.41, 5.74) is 7.41. The Hall–Kier alpha value is -2.56. The highest BCUT2D eigenvalue weighted by atomic mass is 16.4. The smallest absolute Gasteiger partial charge is 0.284 e. The van der Waals surface area contributed by atoms with Crippen molar-refractivity contribution in [3.8, 4) is 11.3 Å². The van der Waals surface area contributed by atoms with Crippen molar-refractivity contribution in [2.75, 3.05) is 6.54 Å². The summed E-state index contributed by atoms with van der Waals surface area (Å²) in [5, 5.41) is 2.75. The summed E-state index contributed by atoms with van der Waals surface area (Å²) in [6, 6.07) is 8.88. The number of nitrogens with two attached hydrogens (primary N) is 1. The SMILES string of the molecule is CCNC(=O)c1cccc(-c2cc(C(C)C)c(C(N)=O)o2)c1. The summed E-state index contributed by atoms with van der Waals surface area (Å²) in [6.45, 7) is 6.36. The van der Waals surface area contributed by atoms with Crippen LogP contribution in [-0.4, -0.2) is 18.4 Å². The molecule has 5 heteroatoms. The first-order valence-corrected chi connectivity index (χ1v) is 7.26. The van der Waals surface area contributed by atoms with Gasteiger partial charge in [0.15, 0.2) is 5.76 Å². The van der Waals surface area contributed by atoms with Crippen LogP contribution in [0.5, 0.6) is 0 Å². The third-order valence-electron chi connectivity index (χ3n) is 3.35. The second kappa shape index (κ2) is 6.47. The number of nitrogens with one attached hydrogen (secondary N) is 1. The van der Waals surface area contributed by atoms with E-state index in [1.54, 1.807) is 18.2 Å². The second-order valence-electron chi connectivity index (χ2n) is 5.35. The van der Waals surface area contributed by atoms with Gasteiger partial charge >= 0.3 is 0 Å². The van der Waals surface area contributed by atoms with E-state index in [0.717, 1.165) is 11.1 Å². The van der Waals surface area contributed by atoms with Gasteiger partial charge in [-0.3, -0.25) is 9.59 Å². The molecule has 0 fully saturated rings. The van der Waals surface area contributed by atoms with Crippen molar-refractivity contribution in [3.63, 3.8) is 0 Å². The zero-order valence-corrected chi connectivity index (χ0v) is 13.0.